The quantitative estimate of drug-likeness (QED) is 0.350. The molecule has 0 bridgehead atoms. The van der Waals surface area contributed by atoms with Crippen molar-refractivity contribution >= 4 is 45.6 Å². The van der Waals surface area contributed by atoms with E-state index in [2.05, 4.69) is 41.6 Å². The molecule has 0 aliphatic heterocycles. The third-order valence-electron chi connectivity index (χ3n) is 4.72. The lowest BCUT2D eigenvalue weighted by molar-refractivity contribution is 0.942. The zero-order valence-corrected chi connectivity index (χ0v) is 17.8. The molecule has 4 rings (SSSR count). The van der Waals surface area contributed by atoms with E-state index in [4.69, 9.17) is 4.98 Å². The molecule has 0 saturated heterocycles. The van der Waals surface area contributed by atoms with Gasteiger partial charge in [0, 0.05) is 3.57 Å². The standard InChI is InChI=1S/C24H19IN2O/c1-16-6-5-9-20(14-16)27-23(13-10-18-8-4-3-7-17(18)2)26-22-12-11-19(25)15-21(22)24(27)28/h3-15H,1-2H3/b13-10+. The minimum absolute atomic E-state index is 0.0569. The largest absolute Gasteiger partial charge is 0.268 e. The number of halogens is 1. The second-order valence-corrected chi connectivity index (χ2v) is 8.05. The predicted octanol–water partition coefficient (Wildman–Crippen LogP) is 5.78. The summed E-state index contributed by atoms with van der Waals surface area (Å²) in [5.41, 5.74) is 4.86. The molecular formula is C24H19IN2O. The van der Waals surface area contributed by atoms with Gasteiger partial charge >= 0.3 is 0 Å². The van der Waals surface area contributed by atoms with Gasteiger partial charge in [0.25, 0.3) is 5.56 Å². The Hall–Kier alpha value is -2.73. The average molecular weight is 478 g/mol. The first kappa shape index (κ1) is 18.6. The Balaban J connectivity index is 1.98. The number of nitrogens with zero attached hydrogens (tertiary/aromatic N) is 2. The molecule has 3 aromatic carbocycles. The molecule has 0 spiro atoms. The van der Waals surface area contributed by atoms with Gasteiger partial charge in [-0.3, -0.25) is 9.36 Å². The number of benzene rings is 3. The minimum Gasteiger partial charge on any atom is -0.268 e. The van der Waals surface area contributed by atoms with Crippen molar-refractivity contribution in [3.63, 3.8) is 0 Å². The SMILES string of the molecule is Cc1cccc(-n2c(/C=C/c3ccccc3C)nc3ccc(I)cc3c2=O)c1. The van der Waals surface area contributed by atoms with Crippen molar-refractivity contribution in [3.8, 4) is 5.69 Å². The van der Waals surface area contributed by atoms with Crippen LogP contribution in [0.15, 0.2) is 71.5 Å². The highest BCUT2D eigenvalue weighted by Crippen LogP contribution is 2.19. The molecule has 28 heavy (non-hydrogen) atoms. The summed E-state index contributed by atoms with van der Waals surface area (Å²) in [6.45, 7) is 4.10. The first-order chi connectivity index (χ1) is 13.5. The highest BCUT2D eigenvalue weighted by atomic mass is 127. The molecule has 0 saturated carbocycles. The lowest BCUT2D eigenvalue weighted by atomic mass is 10.1. The van der Waals surface area contributed by atoms with E-state index in [1.54, 1.807) is 4.57 Å². The van der Waals surface area contributed by atoms with Crippen LogP contribution in [0, 0.1) is 17.4 Å². The number of fused-ring (bicyclic) bond motifs is 1. The Morgan fingerprint density at radius 3 is 2.54 bits per heavy atom. The van der Waals surface area contributed by atoms with E-state index < -0.39 is 0 Å². The fourth-order valence-electron chi connectivity index (χ4n) is 3.24. The Bertz CT molecular complexity index is 1270. The zero-order valence-electron chi connectivity index (χ0n) is 15.7. The highest BCUT2D eigenvalue weighted by molar-refractivity contribution is 14.1. The molecule has 0 atom stereocenters. The number of hydrogen-bond acceptors (Lipinski definition) is 2. The van der Waals surface area contributed by atoms with Crippen LogP contribution >= 0.6 is 22.6 Å². The van der Waals surface area contributed by atoms with Crippen LogP contribution in [0.5, 0.6) is 0 Å². The van der Waals surface area contributed by atoms with Gasteiger partial charge in [-0.05, 0) is 89.5 Å². The van der Waals surface area contributed by atoms with Gasteiger partial charge in [0.1, 0.15) is 5.82 Å². The zero-order chi connectivity index (χ0) is 19.7. The van der Waals surface area contributed by atoms with Gasteiger partial charge in [0.05, 0.1) is 16.6 Å². The third-order valence-corrected chi connectivity index (χ3v) is 5.39. The van der Waals surface area contributed by atoms with Crippen molar-refractivity contribution in [2.24, 2.45) is 0 Å². The van der Waals surface area contributed by atoms with Crippen molar-refractivity contribution < 1.29 is 0 Å². The lowest BCUT2D eigenvalue weighted by Gasteiger charge is -2.12. The molecular weight excluding hydrogens is 459 g/mol. The van der Waals surface area contributed by atoms with E-state index in [1.807, 2.05) is 73.7 Å². The molecule has 0 radical (unpaired) electrons. The molecule has 1 aromatic heterocycles. The number of hydrogen-bond donors (Lipinski definition) is 0. The molecule has 138 valence electrons. The first-order valence-corrected chi connectivity index (χ1v) is 10.1. The normalized spacial score (nSPS) is 11.4. The first-order valence-electron chi connectivity index (χ1n) is 9.06. The molecule has 0 fully saturated rings. The Labute approximate surface area is 177 Å². The summed E-state index contributed by atoms with van der Waals surface area (Å²) in [5, 5.41) is 0.626. The van der Waals surface area contributed by atoms with E-state index in [0.29, 0.717) is 16.7 Å². The van der Waals surface area contributed by atoms with E-state index >= 15 is 0 Å². The van der Waals surface area contributed by atoms with Crippen LogP contribution in [0.2, 0.25) is 0 Å². The maximum atomic E-state index is 13.4. The van der Waals surface area contributed by atoms with E-state index in [1.165, 1.54) is 5.56 Å². The molecule has 4 heteroatoms. The van der Waals surface area contributed by atoms with Crippen LogP contribution in [0.25, 0.3) is 28.7 Å². The fraction of sp³-hybridized carbons (Fsp3) is 0.0833. The number of aromatic nitrogens is 2. The Morgan fingerprint density at radius 1 is 0.929 bits per heavy atom. The molecule has 0 amide bonds. The van der Waals surface area contributed by atoms with Crippen LogP contribution in [0.1, 0.15) is 22.5 Å². The van der Waals surface area contributed by atoms with Crippen LogP contribution in [-0.2, 0) is 0 Å². The Morgan fingerprint density at radius 2 is 1.75 bits per heavy atom. The van der Waals surface area contributed by atoms with Gasteiger partial charge in [0.15, 0.2) is 0 Å². The van der Waals surface area contributed by atoms with Gasteiger partial charge in [-0.1, -0.05) is 42.5 Å². The highest BCUT2D eigenvalue weighted by Gasteiger charge is 2.12. The fourth-order valence-corrected chi connectivity index (χ4v) is 3.73. The predicted molar refractivity (Wildman–Crippen MR) is 125 cm³/mol. The summed E-state index contributed by atoms with van der Waals surface area (Å²) < 4.78 is 2.71. The number of aryl methyl sites for hydroxylation is 2. The molecule has 0 N–H and O–H groups in total. The van der Waals surface area contributed by atoms with Crippen molar-refractivity contribution in [1.29, 1.82) is 0 Å². The van der Waals surface area contributed by atoms with Gasteiger partial charge in [-0.15, -0.1) is 0 Å². The van der Waals surface area contributed by atoms with E-state index in [-0.39, 0.29) is 5.56 Å². The maximum Gasteiger partial charge on any atom is 0.266 e. The summed E-state index contributed by atoms with van der Waals surface area (Å²) in [5.74, 6) is 0.618. The van der Waals surface area contributed by atoms with Crippen LogP contribution in [-0.4, -0.2) is 9.55 Å². The van der Waals surface area contributed by atoms with Gasteiger partial charge < -0.3 is 0 Å². The van der Waals surface area contributed by atoms with Crippen molar-refractivity contribution in [1.82, 2.24) is 9.55 Å². The second-order valence-electron chi connectivity index (χ2n) is 6.80. The summed E-state index contributed by atoms with van der Waals surface area (Å²) >= 11 is 2.22. The molecule has 0 unspecified atom stereocenters. The smallest absolute Gasteiger partial charge is 0.266 e. The molecule has 1 heterocycles. The topological polar surface area (TPSA) is 34.9 Å². The third kappa shape index (κ3) is 3.64. The Kier molecular flexibility index (Phi) is 5.13. The molecule has 3 nitrogen and oxygen atoms in total. The summed E-state index contributed by atoms with van der Waals surface area (Å²) in [7, 11) is 0. The molecule has 4 aromatic rings. The van der Waals surface area contributed by atoms with Gasteiger partial charge in [0.2, 0.25) is 0 Å². The van der Waals surface area contributed by atoms with Crippen LogP contribution in [0.4, 0.5) is 0 Å². The maximum absolute atomic E-state index is 13.4. The lowest BCUT2D eigenvalue weighted by Crippen LogP contribution is -2.22. The van der Waals surface area contributed by atoms with Crippen molar-refractivity contribution in [2.75, 3.05) is 0 Å². The summed E-state index contributed by atoms with van der Waals surface area (Å²) in [6, 6.07) is 21.9. The van der Waals surface area contributed by atoms with Crippen LogP contribution < -0.4 is 5.56 Å². The molecule has 0 aliphatic rings. The van der Waals surface area contributed by atoms with E-state index in [0.717, 1.165) is 20.4 Å². The van der Waals surface area contributed by atoms with Crippen molar-refractivity contribution in [2.45, 2.75) is 13.8 Å². The minimum atomic E-state index is -0.0569. The van der Waals surface area contributed by atoms with Gasteiger partial charge in [-0.25, -0.2) is 4.98 Å². The average Bonchev–Trinajstić information content (AvgIpc) is 2.68. The second kappa shape index (κ2) is 7.72. The summed E-state index contributed by atoms with van der Waals surface area (Å²) in [4.78, 5) is 18.2. The van der Waals surface area contributed by atoms with Crippen LogP contribution in [0.3, 0.4) is 0 Å². The van der Waals surface area contributed by atoms with E-state index in [9.17, 15) is 4.79 Å². The molecule has 0 aliphatic carbocycles. The van der Waals surface area contributed by atoms with Gasteiger partial charge in [-0.2, -0.15) is 0 Å². The summed E-state index contributed by atoms with van der Waals surface area (Å²) in [6.07, 6.45) is 3.94. The monoisotopic (exact) mass is 478 g/mol. The number of rotatable bonds is 3. The van der Waals surface area contributed by atoms with Crippen molar-refractivity contribution in [3.05, 3.63) is 103 Å².